The van der Waals surface area contributed by atoms with Gasteiger partial charge in [0.15, 0.2) is 0 Å². The number of nitrogens with one attached hydrogen (secondary N) is 1. The molecule has 1 N–H and O–H groups in total. The first-order valence-electron chi connectivity index (χ1n) is 8.08. The second kappa shape index (κ2) is 7.70. The van der Waals surface area contributed by atoms with Gasteiger partial charge in [0.1, 0.15) is 15.8 Å². The number of carbonyl (C=O) groups is 1. The summed E-state index contributed by atoms with van der Waals surface area (Å²) in [5.74, 6) is 1.10. The molecular weight excluding hydrogens is 312 g/mol. The van der Waals surface area contributed by atoms with Gasteiger partial charge in [0, 0.05) is 6.54 Å². The molecule has 3 rings (SSSR count). The topological polar surface area (TPSA) is 71.3 Å². The average Bonchev–Trinajstić information content (AvgIpc) is 3.24. The molecule has 0 bridgehead atoms. The molecule has 6 nitrogen and oxygen atoms in total. The van der Waals surface area contributed by atoms with Crippen LogP contribution in [0.4, 0.5) is 0 Å². The zero-order valence-electron chi connectivity index (χ0n) is 13.3. The standard InChI is InChI=1S/C16H22N4O2S/c1-2-14-18-19-15(23-14)9-17-16(21)12-5-3-7-20(10-12)11-13-6-4-8-22-13/h4,6,8,12H,2-3,5,7,9-11H2,1H3,(H,17,21)/t12-/m1/s1. The molecular formula is C16H22N4O2S. The number of nitrogens with zero attached hydrogens (tertiary/aromatic N) is 3. The van der Waals surface area contributed by atoms with E-state index in [9.17, 15) is 4.79 Å². The predicted octanol–water partition coefficient (Wildman–Crippen LogP) is 2.22. The van der Waals surface area contributed by atoms with Crippen molar-refractivity contribution in [1.29, 1.82) is 0 Å². The van der Waals surface area contributed by atoms with Crippen LogP contribution in [-0.4, -0.2) is 34.1 Å². The van der Waals surface area contributed by atoms with E-state index in [1.54, 1.807) is 17.6 Å². The number of rotatable bonds is 6. The molecule has 1 amide bonds. The Hall–Kier alpha value is -1.73. The van der Waals surface area contributed by atoms with Crippen LogP contribution in [0.5, 0.6) is 0 Å². The summed E-state index contributed by atoms with van der Waals surface area (Å²) in [5.41, 5.74) is 0. The zero-order valence-corrected chi connectivity index (χ0v) is 14.1. The molecule has 23 heavy (non-hydrogen) atoms. The van der Waals surface area contributed by atoms with Crippen LogP contribution in [0, 0.1) is 5.92 Å². The van der Waals surface area contributed by atoms with Crippen molar-refractivity contribution in [2.75, 3.05) is 13.1 Å². The lowest BCUT2D eigenvalue weighted by Crippen LogP contribution is -2.42. The molecule has 0 unspecified atom stereocenters. The molecule has 1 atom stereocenters. The van der Waals surface area contributed by atoms with Crippen LogP contribution in [0.25, 0.3) is 0 Å². The maximum absolute atomic E-state index is 12.4. The third-order valence-corrected chi connectivity index (χ3v) is 5.13. The second-order valence-corrected chi connectivity index (χ2v) is 6.96. The number of likely N-dealkylation sites (tertiary alicyclic amines) is 1. The van der Waals surface area contributed by atoms with E-state index in [2.05, 4.69) is 27.3 Å². The van der Waals surface area contributed by atoms with Gasteiger partial charge in [-0.25, -0.2) is 0 Å². The summed E-state index contributed by atoms with van der Waals surface area (Å²) in [4.78, 5) is 14.7. The number of amides is 1. The van der Waals surface area contributed by atoms with Crippen LogP contribution >= 0.6 is 11.3 Å². The smallest absolute Gasteiger partial charge is 0.224 e. The highest BCUT2D eigenvalue weighted by Gasteiger charge is 2.26. The van der Waals surface area contributed by atoms with Crippen molar-refractivity contribution >= 4 is 17.2 Å². The molecule has 124 valence electrons. The van der Waals surface area contributed by atoms with Gasteiger partial charge in [0.05, 0.1) is 25.3 Å². The molecule has 1 aliphatic heterocycles. The van der Waals surface area contributed by atoms with Gasteiger partial charge >= 0.3 is 0 Å². The number of aryl methyl sites for hydroxylation is 1. The van der Waals surface area contributed by atoms with Crippen LogP contribution in [0.1, 0.15) is 35.5 Å². The first kappa shape index (κ1) is 16.1. The Morgan fingerprint density at radius 2 is 2.35 bits per heavy atom. The highest BCUT2D eigenvalue weighted by atomic mass is 32.1. The quantitative estimate of drug-likeness (QED) is 0.877. The number of aromatic nitrogens is 2. The third-order valence-electron chi connectivity index (χ3n) is 4.06. The number of hydrogen-bond donors (Lipinski definition) is 1. The lowest BCUT2D eigenvalue weighted by molar-refractivity contribution is -0.127. The van der Waals surface area contributed by atoms with Crippen LogP contribution in [-0.2, 0) is 24.3 Å². The van der Waals surface area contributed by atoms with Crippen molar-refractivity contribution in [1.82, 2.24) is 20.4 Å². The molecule has 7 heteroatoms. The van der Waals surface area contributed by atoms with E-state index in [0.29, 0.717) is 6.54 Å². The van der Waals surface area contributed by atoms with E-state index in [4.69, 9.17) is 4.42 Å². The van der Waals surface area contributed by atoms with E-state index in [1.165, 1.54) is 0 Å². The summed E-state index contributed by atoms with van der Waals surface area (Å²) in [7, 11) is 0. The third kappa shape index (κ3) is 4.39. The molecule has 0 saturated carbocycles. The van der Waals surface area contributed by atoms with Crippen molar-refractivity contribution in [3.8, 4) is 0 Å². The van der Waals surface area contributed by atoms with Crippen LogP contribution in [0.15, 0.2) is 22.8 Å². The van der Waals surface area contributed by atoms with Crippen LogP contribution in [0.2, 0.25) is 0 Å². The molecule has 0 spiro atoms. The molecule has 3 heterocycles. The van der Waals surface area contributed by atoms with Gasteiger partial charge in [-0.05, 0) is 37.9 Å². The monoisotopic (exact) mass is 334 g/mol. The minimum atomic E-state index is 0.0391. The first-order valence-corrected chi connectivity index (χ1v) is 8.90. The molecule has 0 aliphatic carbocycles. The Bertz CT molecular complexity index is 626. The molecule has 2 aromatic rings. The fourth-order valence-corrected chi connectivity index (χ4v) is 3.57. The summed E-state index contributed by atoms with van der Waals surface area (Å²) in [6.45, 7) is 5.10. The minimum Gasteiger partial charge on any atom is -0.468 e. The molecule has 1 saturated heterocycles. The Balaban J connectivity index is 1.48. The lowest BCUT2D eigenvalue weighted by Gasteiger charge is -2.31. The normalized spacial score (nSPS) is 18.9. The second-order valence-electron chi connectivity index (χ2n) is 5.81. The van der Waals surface area contributed by atoms with E-state index in [-0.39, 0.29) is 11.8 Å². The number of carbonyl (C=O) groups excluding carboxylic acids is 1. The van der Waals surface area contributed by atoms with Crippen molar-refractivity contribution in [3.05, 3.63) is 34.2 Å². The Morgan fingerprint density at radius 3 is 3.09 bits per heavy atom. The van der Waals surface area contributed by atoms with Gasteiger partial charge < -0.3 is 9.73 Å². The molecule has 1 aliphatic rings. The Morgan fingerprint density at radius 1 is 1.48 bits per heavy atom. The maximum Gasteiger partial charge on any atom is 0.224 e. The van der Waals surface area contributed by atoms with Crippen molar-refractivity contribution in [2.45, 2.75) is 39.3 Å². The molecule has 1 fully saturated rings. The van der Waals surface area contributed by atoms with Crippen molar-refractivity contribution in [3.63, 3.8) is 0 Å². The summed E-state index contributed by atoms with van der Waals surface area (Å²) < 4.78 is 5.39. The minimum absolute atomic E-state index is 0.0391. The van der Waals surface area contributed by atoms with Gasteiger partial charge in [0.2, 0.25) is 5.91 Å². The summed E-state index contributed by atoms with van der Waals surface area (Å²) in [5, 5.41) is 13.1. The van der Waals surface area contributed by atoms with Gasteiger partial charge in [-0.1, -0.05) is 18.3 Å². The predicted molar refractivity (Wildman–Crippen MR) is 87.8 cm³/mol. The summed E-state index contributed by atoms with van der Waals surface area (Å²) in [6.07, 6.45) is 4.56. The van der Waals surface area contributed by atoms with E-state index < -0.39 is 0 Å². The van der Waals surface area contributed by atoms with Gasteiger partial charge in [-0.15, -0.1) is 10.2 Å². The van der Waals surface area contributed by atoms with Gasteiger partial charge in [-0.2, -0.15) is 0 Å². The fraction of sp³-hybridized carbons (Fsp3) is 0.562. The summed E-state index contributed by atoms with van der Waals surface area (Å²) >= 11 is 1.57. The SMILES string of the molecule is CCc1nnc(CNC(=O)[C@@H]2CCCN(Cc3ccco3)C2)s1. The van der Waals surface area contributed by atoms with Gasteiger partial charge in [0.25, 0.3) is 0 Å². The number of furan rings is 1. The first-order chi connectivity index (χ1) is 11.2. The van der Waals surface area contributed by atoms with Gasteiger partial charge in [-0.3, -0.25) is 9.69 Å². The fourth-order valence-electron chi connectivity index (χ4n) is 2.85. The van der Waals surface area contributed by atoms with E-state index in [1.807, 2.05) is 12.1 Å². The van der Waals surface area contributed by atoms with Crippen LogP contribution < -0.4 is 5.32 Å². The van der Waals surface area contributed by atoms with E-state index >= 15 is 0 Å². The van der Waals surface area contributed by atoms with Crippen molar-refractivity contribution in [2.24, 2.45) is 5.92 Å². The molecule has 0 radical (unpaired) electrons. The summed E-state index contributed by atoms with van der Waals surface area (Å²) in [6, 6.07) is 3.88. The Kier molecular flexibility index (Phi) is 5.40. The zero-order chi connectivity index (χ0) is 16.1. The van der Waals surface area contributed by atoms with Crippen LogP contribution in [0.3, 0.4) is 0 Å². The largest absolute Gasteiger partial charge is 0.468 e. The highest BCUT2D eigenvalue weighted by molar-refractivity contribution is 7.11. The molecule has 0 aromatic carbocycles. The highest BCUT2D eigenvalue weighted by Crippen LogP contribution is 2.19. The number of piperidine rings is 1. The average molecular weight is 334 g/mol. The maximum atomic E-state index is 12.4. The number of hydrogen-bond acceptors (Lipinski definition) is 6. The van der Waals surface area contributed by atoms with E-state index in [0.717, 1.165) is 54.7 Å². The molecule has 2 aromatic heterocycles. The lowest BCUT2D eigenvalue weighted by atomic mass is 9.97. The van der Waals surface area contributed by atoms with Crippen molar-refractivity contribution < 1.29 is 9.21 Å². The Labute approximate surface area is 139 Å².